The average Bonchev–Trinajstić information content (AvgIpc) is 3.64. The summed E-state index contributed by atoms with van der Waals surface area (Å²) in [5.41, 5.74) is 3.55. The van der Waals surface area contributed by atoms with Gasteiger partial charge in [-0.05, 0) is 90.0 Å². The van der Waals surface area contributed by atoms with Gasteiger partial charge in [-0.1, -0.05) is 48.5 Å². The Kier molecular flexibility index (Phi) is 10.2. The molecule has 13 nitrogen and oxygen atoms in total. The number of carboxylic acid groups (broad SMARTS) is 1. The van der Waals surface area contributed by atoms with E-state index in [1.54, 1.807) is 34.6 Å². The lowest BCUT2D eigenvalue weighted by Crippen LogP contribution is -2.63. The largest absolute Gasteiger partial charge is 0.480 e. The number of nitrogens with one attached hydrogen (secondary N) is 1. The van der Waals surface area contributed by atoms with Gasteiger partial charge in [0.25, 0.3) is 0 Å². The van der Waals surface area contributed by atoms with Crippen LogP contribution in [-0.4, -0.2) is 102 Å². The zero-order valence-corrected chi connectivity index (χ0v) is 30.4. The molecule has 6 rings (SSSR count). The van der Waals surface area contributed by atoms with Crippen molar-refractivity contribution in [2.24, 2.45) is 0 Å². The van der Waals surface area contributed by atoms with Gasteiger partial charge in [0.05, 0.1) is 13.2 Å². The number of nitrogens with zero attached hydrogens (tertiary/aromatic N) is 1. The molecule has 2 N–H and O–H groups in total. The van der Waals surface area contributed by atoms with Gasteiger partial charge in [-0.15, -0.1) is 0 Å². The highest BCUT2D eigenvalue weighted by Gasteiger charge is 2.66. The highest BCUT2D eigenvalue weighted by molar-refractivity contribution is 5.81. The van der Waals surface area contributed by atoms with Gasteiger partial charge in [-0.2, -0.15) is 0 Å². The van der Waals surface area contributed by atoms with Crippen LogP contribution in [0.1, 0.15) is 84.8 Å². The Bertz CT molecular complexity index is 1580. The summed E-state index contributed by atoms with van der Waals surface area (Å²) < 4.78 is 42.6. The molecule has 13 heteroatoms. The average molecular weight is 711 g/mol. The Morgan fingerprint density at radius 1 is 0.941 bits per heavy atom. The fourth-order valence-electron chi connectivity index (χ4n) is 7.48. The van der Waals surface area contributed by atoms with Crippen molar-refractivity contribution >= 4 is 18.2 Å². The van der Waals surface area contributed by atoms with Crippen LogP contribution >= 0.6 is 0 Å². The van der Waals surface area contributed by atoms with E-state index in [9.17, 15) is 19.5 Å². The SMILES string of the molecule is CC(C)(C)OC(=O)N(CCCC[C@H](NC(=O)OCC1c2ccccc2-c2ccccc21)C(=O)O)C[C@@]12OC[C@H]3OC(C)(C)O[C@@H]3C1OC(C)(C)O2. The second-order valence-electron chi connectivity index (χ2n) is 15.6. The van der Waals surface area contributed by atoms with Crippen molar-refractivity contribution in [1.82, 2.24) is 10.2 Å². The summed E-state index contributed by atoms with van der Waals surface area (Å²) in [6, 6.07) is 14.8. The predicted octanol–water partition coefficient (Wildman–Crippen LogP) is 5.78. The van der Waals surface area contributed by atoms with Gasteiger partial charge in [0.1, 0.15) is 36.6 Å². The molecule has 4 aliphatic rings. The van der Waals surface area contributed by atoms with Crippen LogP contribution in [0.15, 0.2) is 48.5 Å². The first-order valence-electron chi connectivity index (χ1n) is 17.7. The van der Waals surface area contributed by atoms with Crippen LogP contribution in [0.3, 0.4) is 0 Å². The Morgan fingerprint density at radius 3 is 2.22 bits per heavy atom. The molecule has 0 saturated carbocycles. The van der Waals surface area contributed by atoms with Crippen molar-refractivity contribution in [3.05, 3.63) is 59.7 Å². The molecular weight excluding hydrogens is 660 g/mol. The maximum absolute atomic E-state index is 13.6. The monoisotopic (exact) mass is 710 g/mol. The summed E-state index contributed by atoms with van der Waals surface area (Å²) in [6.07, 6.45) is -2.06. The smallest absolute Gasteiger partial charge is 0.410 e. The fraction of sp³-hybridized carbons (Fsp3) is 0.605. The maximum Gasteiger partial charge on any atom is 0.410 e. The zero-order valence-electron chi connectivity index (χ0n) is 30.4. The Morgan fingerprint density at radius 2 is 1.59 bits per heavy atom. The minimum absolute atomic E-state index is 0.0244. The fourth-order valence-corrected chi connectivity index (χ4v) is 7.48. The highest BCUT2D eigenvalue weighted by atomic mass is 16.9. The molecule has 3 saturated heterocycles. The molecule has 3 heterocycles. The second-order valence-corrected chi connectivity index (χ2v) is 15.6. The predicted molar refractivity (Wildman–Crippen MR) is 184 cm³/mol. The van der Waals surface area contributed by atoms with E-state index in [1.165, 1.54) is 4.90 Å². The Hall–Kier alpha value is -3.75. The van der Waals surface area contributed by atoms with Gasteiger partial charge < -0.3 is 48.5 Å². The summed E-state index contributed by atoms with van der Waals surface area (Å²) in [6.45, 7) is 13.0. The van der Waals surface area contributed by atoms with Crippen LogP contribution in [0, 0.1) is 0 Å². The molecule has 1 unspecified atom stereocenters. The lowest BCUT2D eigenvalue weighted by molar-refractivity contribution is -0.285. The molecular formula is C38H50N2O11. The van der Waals surface area contributed by atoms with Crippen molar-refractivity contribution < 1.29 is 52.6 Å². The number of alkyl carbamates (subject to hydrolysis) is 1. The molecule has 0 spiro atoms. The van der Waals surface area contributed by atoms with Crippen molar-refractivity contribution in [1.29, 1.82) is 0 Å². The summed E-state index contributed by atoms with van der Waals surface area (Å²) in [5, 5.41) is 12.5. The summed E-state index contributed by atoms with van der Waals surface area (Å²) in [4.78, 5) is 40.1. The molecule has 2 aromatic carbocycles. The lowest BCUT2D eigenvalue weighted by Gasteiger charge is -2.43. The summed E-state index contributed by atoms with van der Waals surface area (Å²) in [7, 11) is 0. The number of carbonyl (C=O) groups excluding carboxylic acids is 2. The van der Waals surface area contributed by atoms with Crippen molar-refractivity contribution in [3.8, 4) is 11.1 Å². The van der Waals surface area contributed by atoms with E-state index in [4.69, 9.17) is 33.2 Å². The van der Waals surface area contributed by atoms with Crippen molar-refractivity contribution in [3.63, 3.8) is 0 Å². The van der Waals surface area contributed by atoms with Gasteiger partial charge in [0.15, 0.2) is 11.6 Å². The molecule has 2 aromatic rings. The van der Waals surface area contributed by atoms with Gasteiger partial charge in [0.2, 0.25) is 5.79 Å². The van der Waals surface area contributed by atoms with E-state index < -0.39 is 59.4 Å². The number of hydrogen-bond donors (Lipinski definition) is 2. The van der Waals surface area contributed by atoms with Gasteiger partial charge >= 0.3 is 18.2 Å². The molecule has 0 bridgehead atoms. The molecule has 3 fully saturated rings. The normalized spacial score (nSPS) is 26.3. The third-order valence-electron chi connectivity index (χ3n) is 9.44. The molecule has 278 valence electrons. The number of unbranched alkanes of at least 4 members (excludes halogenated alkanes) is 1. The minimum Gasteiger partial charge on any atom is -0.480 e. The lowest BCUT2D eigenvalue weighted by atomic mass is 9.96. The summed E-state index contributed by atoms with van der Waals surface area (Å²) in [5.74, 6) is -4.57. The number of carbonyl (C=O) groups is 3. The van der Waals surface area contributed by atoms with Crippen molar-refractivity contribution in [2.75, 3.05) is 26.3 Å². The van der Waals surface area contributed by atoms with Gasteiger partial charge in [-0.25, -0.2) is 14.4 Å². The van der Waals surface area contributed by atoms with E-state index in [0.29, 0.717) is 12.8 Å². The Labute approximate surface area is 298 Å². The van der Waals surface area contributed by atoms with Gasteiger partial charge in [-0.3, -0.25) is 0 Å². The van der Waals surface area contributed by atoms with E-state index >= 15 is 0 Å². The molecule has 5 atom stereocenters. The number of fused-ring (bicyclic) bond motifs is 6. The van der Waals surface area contributed by atoms with Crippen LogP contribution < -0.4 is 5.32 Å². The molecule has 2 amide bonds. The third-order valence-corrected chi connectivity index (χ3v) is 9.44. The number of aliphatic carboxylic acids is 1. The number of hydrogen-bond acceptors (Lipinski definition) is 10. The first-order valence-corrected chi connectivity index (χ1v) is 17.7. The van der Waals surface area contributed by atoms with E-state index in [1.807, 2.05) is 62.4 Å². The first-order chi connectivity index (χ1) is 24.0. The van der Waals surface area contributed by atoms with Crippen LogP contribution in [-0.2, 0) is 38.0 Å². The second kappa shape index (κ2) is 14.0. The topological polar surface area (TPSA) is 151 Å². The number of ether oxygens (including phenoxy) is 7. The van der Waals surface area contributed by atoms with E-state index in [2.05, 4.69) is 5.32 Å². The van der Waals surface area contributed by atoms with Crippen LogP contribution in [0.4, 0.5) is 9.59 Å². The van der Waals surface area contributed by atoms with Crippen LogP contribution in [0.25, 0.3) is 11.1 Å². The molecule has 0 radical (unpaired) electrons. The van der Waals surface area contributed by atoms with E-state index in [0.717, 1.165) is 22.3 Å². The van der Waals surface area contributed by atoms with Crippen LogP contribution in [0.2, 0.25) is 0 Å². The Balaban J connectivity index is 1.07. The molecule has 1 aliphatic carbocycles. The summed E-state index contributed by atoms with van der Waals surface area (Å²) >= 11 is 0. The standard InChI is InChI=1S/C38H50N2O11/c1-35(2,3)50-34(44)40(22-38-31(49-37(6,7)51-38)30-29(21-46-38)47-36(4,5)48-30)19-13-12-18-28(32(41)42)39-33(43)45-20-27-25-16-10-8-14-23(25)24-15-9-11-17-26(24)27/h8-11,14-17,27-31H,12-13,18-22H2,1-7H3,(H,39,43)(H,41,42)/t28-,29+,30-,31?,38-/m0/s1. The third kappa shape index (κ3) is 8.18. The van der Waals surface area contributed by atoms with Gasteiger partial charge in [0, 0.05) is 12.5 Å². The first kappa shape index (κ1) is 37.0. The zero-order chi connectivity index (χ0) is 36.8. The van der Waals surface area contributed by atoms with Crippen LogP contribution in [0.5, 0.6) is 0 Å². The maximum atomic E-state index is 13.6. The van der Waals surface area contributed by atoms with Crippen molar-refractivity contribution in [2.45, 2.75) is 121 Å². The number of carboxylic acids is 1. The number of amides is 2. The molecule has 3 aliphatic heterocycles. The number of benzene rings is 2. The molecule has 0 aromatic heterocycles. The van der Waals surface area contributed by atoms with E-state index in [-0.39, 0.29) is 44.7 Å². The quantitative estimate of drug-likeness (QED) is 0.273. The minimum atomic E-state index is -1.36. The molecule has 51 heavy (non-hydrogen) atoms. The highest BCUT2D eigenvalue weighted by Crippen LogP contribution is 2.48. The number of rotatable bonds is 11.